The molecule has 0 saturated carbocycles. The van der Waals surface area contributed by atoms with Gasteiger partial charge in [-0.3, -0.25) is 9.78 Å². The van der Waals surface area contributed by atoms with E-state index in [1.807, 2.05) is 23.1 Å². The van der Waals surface area contributed by atoms with E-state index >= 15 is 0 Å². The number of aryl methyl sites for hydroxylation is 1. The van der Waals surface area contributed by atoms with Crippen LogP contribution in [0.2, 0.25) is 0 Å². The molecule has 3 amide bonds. The predicted molar refractivity (Wildman–Crippen MR) is 109 cm³/mol. The van der Waals surface area contributed by atoms with E-state index in [9.17, 15) is 9.59 Å². The van der Waals surface area contributed by atoms with E-state index in [4.69, 9.17) is 0 Å². The van der Waals surface area contributed by atoms with Crippen molar-refractivity contribution in [3.05, 3.63) is 66.0 Å². The summed E-state index contributed by atoms with van der Waals surface area (Å²) in [6.45, 7) is 2.76. The Labute approximate surface area is 166 Å². The van der Waals surface area contributed by atoms with Gasteiger partial charge in [0.1, 0.15) is 0 Å². The molecule has 2 N–H and O–H groups in total. The van der Waals surface area contributed by atoms with Gasteiger partial charge in [-0.15, -0.1) is 0 Å². The third-order valence-corrected chi connectivity index (χ3v) is 5.13. The Morgan fingerprint density at radius 2 is 1.82 bits per heavy atom. The molecule has 1 saturated heterocycles. The van der Waals surface area contributed by atoms with Crippen molar-refractivity contribution >= 4 is 11.9 Å². The quantitative estimate of drug-likeness (QED) is 0.726. The summed E-state index contributed by atoms with van der Waals surface area (Å²) in [7, 11) is 0. The normalized spacial score (nSPS) is 14.5. The number of carbonyl (C=O) groups is 2. The summed E-state index contributed by atoms with van der Waals surface area (Å²) in [6, 6.07) is 13.7. The number of pyridine rings is 1. The van der Waals surface area contributed by atoms with Crippen LogP contribution in [0.5, 0.6) is 0 Å². The van der Waals surface area contributed by atoms with Gasteiger partial charge in [-0.05, 0) is 49.3 Å². The Bertz CT molecular complexity index is 744. The van der Waals surface area contributed by atoms with E-state index in [-0.39, 0.29) is 11.9 Å². The van der Waals surface area contributed by atoms with Crippen molar-refractivity contribution in [2.75, 3.05) is 26.2 Å². The fraction of sp³-hybridized carbons (Fsp3) is 0.409. The average molecular weight is 380 g/mol. The maximum Gasteiger partial charge on any atom is 0.314 e. The molecule has 1 aliphatic heterocycles. The standard InChI is InChI=1S/C22H28N4O2/c27-21(20-9-5-12-23-17-20)26-14-10-19(11-15-26)16-25-22(28)24-13-4-8-18-6-2-1-3-7-18/h1-3,5-7,9,12,17,19H,4,8,10-11,13-16H2,(H2,24,25,28). The predicted octanol–water partition coefficient (Wildman–Crippen LogP) is 2.87. The number of aromatic nitrogens is 1. The Hall–Kier alpha value is -2.89. The summed E-state index contributed by atoms with van der Waals surface area (Å²) in [5.41, 5.74) is 1.92. The molecule has 2 aromatic rings. The van der Waals surface area contributed by atoms with Crippen molar-refractivity contribution in [1.29, 1.82) is 0 Å². The number of benzene rings is 1. The van der Waals surface area contributed by atoms with E-state index in [1.54, 1.807) is 24.5 Å². The highest BCUT2D eigenvalue weighted by Gasteiger charge is 2.23. The van der Waals surface area contributed by atoms with Crippen LogP contribution in [0.15, 0.2) is 54.9 Å². The van der Waals surface area contributed by atoms with E-state index in [0.717, 1.165) is 38.8 Å². The Morgan fingerprint density at radius 3 is 2.54 bits per heavy atom. The van der Waals surface area contributed by atoms with Crippen LogP contribution in [-0.4, -0.2) is 48.0 Å². The first-order valence-electron chi connectivity index (χ1n) is 9.97. The topological polar surface area (TPSA) is 74.3 Å². The third kappa shape index (κ3) is 6.08. The Morgan fingerprint density at radius 1 is 1.04 bits per heavy atom. The molecular weight excluding hydrogens is 352 g/mol. The van der Waals surface area contributed by atoms with E-state index in [0.29, 0.717) is 24.6 Å². The maximum absolute atomic E-state index is 12.4. The first-order chi connectivity index (χ1) is 13.7. The zero-order valence-corrected chi connectivity index (χ0v) is 16.1. The van der Waals surface area contributed by atoms with E-state index in [2.05, 4.69) is 27.8 Å². The molecule has 0 aliphatic carbocycles. The van der Waals surface area contributed by atoms with Gasteiger partial charge in [0.25, 0.3) is 5.91 Å². The summed E-state index contributed by atoms with van der Waals surface area (Å²) in [5, 5.41) is 5.88. The van der Waals surface area contributed by atoms with Gasteiger partial charge in [0.05, 0.1) is 5.56 Å². The highest BCUT2D eigenvalue weighted by atomic mass is 16.2. The zero-order valence-electron chi connectivity index (χ0n) is 16.1. The second kappa shape index (κ2) is 10.4. The van der Waals surface area contributed by atoms with Crippen molar-refractivity contribution in [2.45, 2.75) is 25.7 Å². The van der Waals surface area contributed by atoms with Crippen LogP contribution in [-0.2, 0) is 6.42 Å². The van der Waals surface area contributed by atoms with Gasteiger partial charge >= 0.3 is 6.03 Å². The SMILES string of the molecule is O=C(NCCCc1ccccc1)NCC1CCN(C(=O)c2cccnc2)CC1. The lowest BCUT2D eigenvalue weighted by atomic mass is 9.96. The number of nitrogens with zero attached hydrogens (tertiary/aromatic N) is 2. The fourth-order valence-electron chi connectivity index (χ4n) is 3.45. The molecule has 148 valence electrons. The lowest BCUT2D eigenvalue weighted by Crippen LogP contribution is -2.43. The summed E-state index contributed by atoms with van der Waals surface area (Å²) in [4.78, 5) is 30.3. The van der Waals surface area contributed by atoms with Crippen LogP contribution in [0, 0.1) is 5.92 Å². The molecule has 0 radical (unpaired) electrons. The van der Waals surface area contributed by atoms with E-state index in [1.165, 1.54) is 5.56 Å². The summed E-state index contributed by atoms with van der Waals surface area (Å²) in [5.74, 6) is 0.448. The summed E-state index contributed by atoms with van der Waals surface area (Å²) < 4.78 is 0. The number of nitrogens with one attached hydrogen (secondary N) is 2. The largest absolute Gasteiger partial charge is 0.339 e. The number of urea groups is 1. The monoisotopic (exact) mass is 380 g/mol. The minimum atomic E-state index is -0.109. The second-order valence-electron chi connectivity index (χ2n) is 7.20. The lowest BCUT2D eigenvalue weighted by molar-refractivity contribution is 0.0690. The molecule has 28 heavy (non-hydrogen) atoms. The van der Waals surface area contributed by atoms with Gasteiger partial charge in [-0.2, -0.15) is 0 Å². The highest BCUT2D eigenvalue weighted by Crippen LogP contribution is 2.18. The number of rotatable bonds is 7. The molecule has 1 aromatic carbocycles. The highest BCUT2D eigenvalue weighted by molar-refractivity contribution is 5.93. The molecule has 2 heterocycles. The molecule has 0 bridgehead atoms. The number of hydrogen-bond donors (Lipinski definition) is 2. The van der Waals surface area contributed by atoms with Crippen molar-refractivity contribution < 1.29 is 9.59 Å². The molecule has 0 spiro atoms. The Balaban J connectivity index is 1.28. The zero-order chi connectivity index (χ0) is 19.6. The van der Waals surface area contributed by atoms with Gasteiger partial charge in [0.2, 0.25) is 0 Å². The molecule has 1 fully saturated rings. The van der Waals surface area contributed by atoms with Gasteiger partial charge in [-0.1, -0.05) is 30.3 Å². The van der Waals surface area contributed by atoms with Crippen LogP contribution in [0.4, 0.5) is 4.79 Å². The number of carbonyl (C=O) groups excluding carboxylic acids is 2. The van der Waals surface area contributed by atoms with Crippen LogP contribution < -0.4 is 10.6 Å². The average Bonchev–Trinajstić information content (AvgIpc) is 2.76. The molecular formula is C22H28N4O2. The van der Waals surface area contributed by atoms with Crippen molar-refractivity contribution in [3.63, 3.8) is 0 Å². The summed E-state index contributed by atoms with van der Waals surface area (Å²) >= 11 is 0. The minimum Gasteiger partial charge on any atom is -0.339 e. The van der Waals surface area contributed by atoms with Crippen LogP contribution in [0.3, 0.4) is 0 Å². The number of piperidine rings is 1. The molecule has 0 atom stereocenters. The number of likely N-dealkylation sites (tertiary alicyclic amines) is 1. The molecule has 6 heteroatoms. The first-order valence-corrected chi connectivity index (χ1v) is 9.97. The number of amides is 3. The Kier molecular flexibility index (Phi) is 7.41. The smallest absolute Gasteiger partial charge is 0.314 e. The number of hydrogen-bond acceptors (Lipinski definition) is 3. The molecule has 3 rings (SSSR count). The molecule has 1 aromatic heterocycles. The third-order valence-electron chi connectivity index (χ3n) is 5.13. The second-order valence-corrected chi connectivity index (χ2v) is 7.20. The van der Waals surface area contributed by atoms with Crippen molar-refractivity contribution in [2.24, 2.45) is 5.92 Å². The molecule has 0 unspecified atom stereocenters. The van der Waals surface area contributed by atoms with Gasteiger partial charge < -0.3 is 15.5 Å². The molecule has 6 nitrogen and oxygen atoms in total. The van der Waals surface area contributed by atoms with Crippen LogP contribution in [0.1, 0.15) is 35.2 Å². The van der Waals surface area contributed by atoms with Crippen molar-refractivity contribution in [1.82, 2.24) is 20.5 Å². The van der Waals surface area contributed by atoms with E-state index < -0.39 is 0 Å². The lowest BCUT2D eigenvalue weighted by Gasteiger charge is -2.32. The van der Waals surface area contributed by atoms with Crippen molar-refractivity contribution in [3.8, 4) is 0 Å². The summed E-state index contributed by atoms with van der Waals surface area (Å²) in [6.07, 6.45) is 6.97. The minimum absolute atomic E-state index is 0.0377. The van der Waals surface area contributed by atoms with Gasteiger partial charge in [-0.25, -0.2) is 4.79 Å². The van der Waals surface area contributed by atoms with Crippen LogP contribution in [0.25, 0.3) is 0 Å². The first kappa shape index (κ1) is 19.9. The van der Waals surface area contributed by atoms with Gasteiger partial charge in [0, 0.05) is 38.6 Å². The van der Waals surface area contributed by atoms with Crippen LogP contribution >= 0.6 is 0 Å². The molecule has 1 aliphatic rings. The fourth-order valence-corrected chi connectivity index (χ4v) is 3.45. The maximum atomic E-state index is 12.4. The van der Waals surface area contributed by atoms with Gasteiger partial charge in [0.15, 0.2) is 0 Å².